The van der Waals surface area contributed by atoms with Crippen molar-refractivity contribution in [3.05, 3.63) is 52.3 Å². The van der Waals surface area contributed by atoms with Crippen molar-refractivity contribution in [1.29, 1.82) is 0 Å². The summed E-state index contributed by atoms with van der Waals surface area (Å²) >= 11 is 0. The Morgan fingerprint density at radius 3 is 2.58 bits per heavy atom. The van der Waals surface area contributed by atoms with E-state index in [0.717, 1.165) is 0 Å². The third-order valence-electron chi connectivity index (χ3n) is 2.64. The highest BCUT2D eigenvalue weighted by atomic mass is 19.1. The maximum Gasteiger partial charge on any atom is 0.311 e. The van der Waals surface area contributed by atoms with Crippen LogP contribution in [0, 0.1) is 15.9 Å². The molecule has 0 bridgehead atoms. The largest absolute Gasteiger partial charge is 0.378 e. The van der Waals surface area contributed by atoms with Crippen LogP contribution >= 0.6 is 0 Å². The predicted octanol–water partition coefficient (Wildman–Crippen LogP) is 2.48. The Hall–Kier alpha value is -2.70. The molecule has 0 amide bonds. The Kier molecular flexibility index (Phi) is 3.28. The summed E-state index contributed by atoms with van der Waals surface area (Å²) in [5.41, 5.74) is 5.54. The van der Waals surface area contributed by atoms with Gasteiger partial charge in [0.1, 0.15) is 11.6 Å². The minimum absolute atomic E-state index is 0.203. The third-order valence-corrected chi connectivity index (χ3v) is 2.64. The molecular weight excluding hydrogens is 251 g/mol. The van der Waals surface area contributed by atoms with Gasteiger partial charge in [-0.15, -0.1) is 0 Å². The second kappa shape index (κ2) is 4.89. The fourth-order valence-electron chi connectivity index (χ4n) is 1.65. The first-order valence-electron chi connectivity index (χ1n) is 5.40. The van der Waals surface area contributed by atoms with E-state index in [9.17, 15) is 14.5 Å². The van der Waals surface area contributed by atoms with E-state index in [0.29, 0.717) is 11.5 Å². The Bertz CT molecular complexity index is 633. The van der Waals surface area contributed by atoms with Crippen molar-refractivity contribution in [1.82, 2.24) is 4.98 Å². The standard InChI is InChI=1S/C12H11FN4O2/c1-16(9-5-3-2-4-8(9)13)11-7-6-10(17(18)19)12(14)15-11/h2-7H,1H3,(H2,14,15). The van der Waals surface area contributed by atoms with E-state index in [4.69, 9.17) is 5.73 Å². The van der Waals surface area contributed by atoms with Crippen LogP contribution in [0.25, 0.3) is 0 Å². The smallest absolute Gasteiger partial charge is 0.311 e. The molecule has 0 saturated heterocycles. The van der Waals surface area contributed by atoms with Crippen LogP contribution in [-0.4, -0.2) is 17.0 Å². The number of hydrogen-bond acceptors (Lipinski definition) is 5. The zero-order valence-electron chi connectivity index (χ0n) is 10.1. The highest BCUT2D eigenvalue weighted by molar-refractivity contribution is 5.64. The number of anilines is 3. The molecule has 2 N–H and O–H groups in total. The number of rotatable bonds is 3. The van der Waals surface area contributed by atoms with Gasteiger partial charge in [0.15, 0.2) is 0 Å². The molecule has 0 unspecified atom stereocenters. The summed E-state index contributed by atoms with van der Waals surface area (Å²) in [6.07, 6.45) is 0. The number of nitrogen functional groups attached to an aromatic ring is 1. The van der Waals surface area contributed by atoms with E-state index >= 15 is 0 Å². The number of nitrogens with two attached hydrogens (primary N) is 1. The van der Waals surface area contributed by atoms with Crippen molar-refractivity contribution in [3.8, 4) is 0 Å². The lowest BCUT2D eigenvalue weighted by Gasteiger charge is -2.18. The van der Waals surface area contributed by atoms with Crippen LogP contribution in [0.2, 0.25) is 0 Å². The van der Waals surface area contributed by atoms with Crippen molar-refractivity contribution in [2.24, 2.45) is 0 Å². The molecule has 0 aliphatic rings. The van der Waals surface area contributed by atoms with Gasteiger partial charge in [-0.2, -0.15) is 0 Å². The number of nitro groups is 1. The monoisotopic (exact) mass is 262 g/mol. The second-order valence-corrected chi connectivity index (χ2v) is 3.84. The lowest BCUT2D eigenvalue weighted by atomic mass is 10.2. The molecule has 1 heterocycles. The molecule has 0 fully saturated rings. The van der Waals surface area contributed by atoms with Crippen molar-refractivity contribution < 1.29 is 9.31 Å². The van der Waals surface area contributed by atoms with Gasteiger partial charge in [-0.3, -0.25) is 10.1 Å². The summed E-state index contributed by atoms with van der Waals surface area (Å²) in [7, 11) is 1.60. The molecule has 0 atom stereocenters. The number of hydrogen-bond donors (Lipinski definition) is 1. The SMILES string of the molecule is CN(c1ccc([N+](=O)[O-])c(N)n1)c1ccccc1F. The van der Waals surface area contributed by atoms with E-state index in [1.165, 1.54) is 23.1 Å². The molecular formula is C12H11FN4O2. The lowest BCUT2D eigenvalue weighted by Crippen LogP contribution is -2.13. The molecule has 0 spiro atoms. The van der Waals surface area contributed by atoms with Crippen LogP contribution in [0.3, 0.4) is 0 Å². The maximum atomic E-state index is 13.6. The second-order valence-electron chi connectivity index (χ2n) is 3.84. The fraction of sp³-hybridized carbons (Fsp3) is 0.0833. The summed E-state index contributed by atoms with van der Waals surface area (Å²) < 4.78 is 13.6. The van der Waals surface area contributed by atoms with Crippen molar-refractivity contribution in [2.75, 3.05) is 17.7 Å². The minimum Gasteiger partial charge on any atom is -0.378 e. The van der Waals surface area contributed by atoms with Crippen LogP contribution in [0.4, 0.5) is 27.4 Å². The number of halogens is 1. The van der Waals surface area contributed by atoms with E-state index in [1.807, 2.05) is 0 Å². The molecule has 0 saturated carbocycles. The molecule has 19 heavy (non-hydrogen) atoms. The molecule has 2 rings (SSSR count). The van der Waals surface area contributed by atoms with Gasteiger partial charge in [0.2, 0.25) is 5.82 Å². The quantitative estimate of drug-likeness (QED) is 0.678. The summed E-state index contributed by atoms with van der Waals surface area (Å²) in [6, 6.07) is 8.82. The van der Waals surface area contributed by atoms with Crippen molar-refractivity contribution >= 4 is 23.0 Å². The van der Waals surface area contributed by atoms with Crippen LogP contribution in [0.1, 0.15) is 0 Å². The van der Waals surface area contributed by atoms with Crippen LogP contribution in [0.15, 0.2) is 36.4 Å². The Morgan fingerprint density at radius 2 is 2.00 bits per heavy atom. The summed E-state index contributed by atoms with van der Waals surface area (Å²) in [5, 5.41) is 10.6. The van der Waals surface area contributed by atoms with Gasteiger partial charge in [-0.25, -0.2) is 9.37 Å². The lowest BCUT2D eigenvalue weighted by molar-refractivity contribution is -0.384. The average molecular weight is 262 g/mol. The van der Waals surface area contributed by atoms with Crippen LogP contribution < -0.4 is 10.6 Å². The topological polar surface area (TPSA) is 85.3 Å². The molecule has 2 aromatic rings. The normalized spacial score (nSPS) is 10.2. The first-order chi connectivity index (χ1) is 9.00. The number of benzene rings is 1. The maximum absolute atomic E-state index is 13.6. The van der Waals surface area contributed by atoms with Gasteiger partial charge in [-0.1, -0.05) is 12.1 Å². The Labute approximate surface area is 108 Å². The summed E-state index contributed by atoms with van der Waals surface area (Å²) in [4.78, 5) is 15.4. The highest BCUT2D eigenvalue weighted by Gasteiger charge is 2.16. The Balaban J connectivity index is 2.40. The van der Waals surface area contributed by atoms with Gasteiger partial charge >= 0.3 is 5.69 Å². The van der Waals surface area contributed by atoms with Gasteiger partial charge < -0.3 is 10.6 Å². The third kappa shape index (κ3) is 2.44. The van der Waals surface area contributed by atoms with Crippen LogP contribution in [-0.2, 0) is 0 Å². The van der Waals surface area contributed by atoms with Crippen LogP contribution in [0.5, 0.6) is 0 Å². The molecule has 1 aromatic carbocycles. The van der Waals surface area contributed by atoms with Gasteiger partial charge in [0, 0.05) is 13.1 Å². The number of nitrogens with zero attached hydrogens (tertiary/aromatic N) is 3. The minimum atomic E-state index is -0.616. The molecule has 1 aromatic heterocycles. The van der Waals surface area contributed by atoms with E-state index in [2.05, 4.69) is 4.98 Å². The number of para-hydroxylation sites is 1. The average Bonchev–Trinajstić information content (AvgIpc) is 2.38. The van der Waals surface area contributed by atoms with Gasteiger partial charge in [-0.05, 0) is 18.2 Å². The molecule has 0 aliphatic heterocycles. The first-order valence-corrected chi connectivity index (χ1v) is 5.40. The van der Waals surface area contributed by atoms with Gasteiger partial charge in [0.05, 0.1) is 10.6 Å². The van der Waals surface area contributed by atoms with Gasteiger partial charge in [0.25, 0.3) is 0 Å². The molecule has 7 heteroatoms. The summed E-state index contributed by atoms with van der Waals surface area (Å²) in [6.45, 7) is 0. The summed E-state index contributed by atoms with van der Waals surface area (Å²) in [5.74, 6) is -0.289. The zero-order chi connectivity index (χ0) is 14.0. The molecule has 0 radical (unpaired) electrons. The first kappa shape index (κ1) is 12.7. The fourth-order valence-corrected chi connectivity index (χ4v) is 1.65. The van der Waals surface area contributed by atoms with E-state index in [-0.39, 0.29) is 11.5 Å². The molecule has 6 nitrogen and oxygen atoms in total. The zero-order valence-corrected chi connectivity index (χ0v) is 10.1. The number of aromatic nitrogens is 1. The highest BCUT2D eigenvalue weighted by Crippen LogP contribution is 2.28. The predicted molar refractivity (Wildman–Crippen MR) is 69.8 cm³/mol. The van der Waals surface area contributed by atoms with Crippen molar-refractivity contribution in [2.45, 2.75) is 0 Å². The van der Waals surface area contributed by atoms with E-state index in [1.54, 1.807) is 25.2 Å². The molecule has 0 aliphatic carbocycles. The number of pyridine rings is 1. The van der Waals surface area contributed by atoms with E-state index < -0.39 is 10.7 Å². The Morgan fingerprint density at radius 1 is 1.32 bits per heavy atom. The van der Waals surface area contributed by atoms with Crippen molar-refractivity contribution in [3.63, 3.8) is 0 Å². The molecule has 98 valence electrons.